The predicted octanol–water partition coefficient (Wildman–Crippen LogP) is 2.02. The Labute approximate surface area is 159 Å². The van der Waals surface area contributed by atoms with Crippen LogP contribution in [0.2, 0.25) is 0 Å². The van der Waals surface area contributed by atoms with Crippen LogP contribution in [-0.2, 0) is 23.2 Å². The van der Waals surface area contributed by atoms with Gasteiger partial charge in [-0.25, -0.2) is 0 Å². The van der Waals surface area contributed by atoms with Crippen molar-refractivity contribution in [2.24, 2.45) is 0 Å². The van der Waals surface area contributed by atoms with Crippen molar-refractivity contribution in [1.29, 1.82) is 0 Å². The highest BCUT2D eigenvalue weighted by atomic mass is 16.3. The van der Waals surface area contributed by atoms with E-state index in [1.54, 1.807) is 10.6 Å². The predicted molar refractivity (Wildman–Crippen MR) is 104 cm³/mol. The van der Waals surface area contributed by atoms with Crippen LogP contribution in [0.25, 0.3) is 0 Å². The molecule has 1 fully saturated rings. The summed E-state index contributed by atoms with van der Waals surface area (Å²) in [6.45, 7) is 3.62. The molecule has 5 heteroatoms. The van der Waals surface area contributed by atoms with Crippen LogP contribution in [0.3, 0.4) is 0 Å². The zero-order chi connectivity index (χ0) is 19.0. The van der Waals surface area contributed by atoms with Crippen molar-refractivity contribution in [3.63, 3.8) is 0 Å². The van der Waals surface area contributed by atoms with E-state index < -0.39 is 0 Å². The molecule has 1 spiro atoms. The lowest BCUT2D eigenvalue weighted by molar-refractivity contribution is -0.133. The van der Waals surface area contributed by atoms with E-state index in [0.717, 1.165) is 18.5 Å². The number of carbonyl (C=O) groups excluding carboxylic acids is 1. The fraction of sp³-hybridized carbons (Fsp3) is 0.455. The maximum atomic E-state index is 12.7. The van der Waals surface area contributed by atoms with E-state index in [4.69, 9.17) is 0 Å². The number of rotatable bonds is 3. The number of aromatic nitrogens is 1. The van der Waals surface area contributed by atoms with Gasteiger partial charge in [0.2, 0.25) is 5.91 Å². The van der Waals surface area contributed by atoms with Gasteiger partial charge >= 0.3 is 0 Å². The number of carbonyl (C=O) groups is 1. The van der Waals surface area contributed by atoms with Crippen LogP contribution in [0, 0.1) is 6.92 Å². The van der Waals surface area contributed by atoms with Crippen molar-refractivity contribution < 1.29 is 9.90 Å². The molecular weight excluding hydrogens is 340 g/mol. The fourth-order valence-electron chi connectivity index (χ4n) is 4.80. The van der Waals surface area contributed by atoms with Gasteiger partial charge in [0.05, 0.1) is 6.10 Å². The Morgan fingerprint density at radius 2 is 1.89 bits per heavy atom. The number of pyridine rings is 1. The van der Waals surface area contributed by atoms with E-state index in [0.29, 0.717) is 32.5 Å². The molecule has 2 heterocycles. The minimum absolute atomic E-state index is 0.0638. The first kappa shape index (κ1) is 18.0. The molecule has 2 aliphatic rings. The SMILES string of the molecule is Cc1cccc(=O)n1CCC(=O)N1CCC2(CC1)c1ccccc1C[C@@H]2O. The number of piperidine rings is 1. The molecule has 1 saturated heterocycles. The Hall–Kier alpha value is -2.40. The van der Waals surface area contributed by atoms with Gasteiger partial charge in [-0.1, -0.05) is 30.3 Å². The number of hydrogen-bond donors (Lipinski definition) is 1. The molecule has 142 valence electrons. The van der Waals surface area contributed by atoms with Crippen molar-refractivity contribution in [2.45, 2.75) is 50.7 Å². The Morgan fingerprint density at radius 1 is 1.15 bits per heavy atom. The highest BCUT2D eigenvalue weighted by molar-refractivity contribution is 5.76. The molecule has 1 amide bonds. The molecule has 1 atom stereocenters. The van der Waals surface area contributed by atoms with Crippen molar-refractivity contribution in [3.05, 3.63) is 69.6 Å². The van der Waals surface area contributed by atoms with Gasteiger partial charge < -0.3 is 14.6 Å². The first-order valence-corrected chi connectivity index (χ1v) is 9.72. The number of fused-ring (bicyclic) bond motifs is 2. The number of likely N-dealkylation sites (tertiary alicyclic amines) is 1. The Balaban J connectivity index is 1.41. The summed E-state index contributed by atoms with van der Waals surface area (Å²) in [5.41, 5.74) is 3.10. The normalized spacial score (nSPS) is 20.7. The van der Waals surface area contributed by atoms with Gasteiger partial charge in [0, 0.05) is 43.2 Å². The third-order valence-corrected chi connectivity index (χ3v) is 6.43. The number of benzene rings is 1. The number of aryl methyl sites for hydroxylation is 1. The summed E-state index contributed by atoms with van der Waals surface area (Å²) in [5.74, 6) is 0.0841. The maximum absolute atomic E-state index is 12.7. The number of aliphatic hydroxyl groups is 1. The monoisotopic (exact) mass is 366 g/mol. The molecule has 5 nitrogen and oxygen atoms in total. The summed E-state index contributed by atoms with van der Waals surface area (Å²) in [5, 5.41) is 10.7. The van der Waals surface area contributed by atoms with Gasteiger partial charge in [0.25, 0.3) is 5.56 Å². The lowest BCUT2D eigenvalue weighted by Crippen LogP contribution is -2.49. The lowest BCUT2D eigenvalue weighted by atomic mass is 9.72. The quantitative estimate of drug-likeness (QED) is 0.904. The average molecular weight is 366 g/mol. The van der Waals surface area contributed by atoms with Crippen LogP contribution in [0.5, 0.6) is 0 Å². The smallest absolute Gasteiger partial charge is 0.250 e. The van der Waals surface area contributed by atoms with Crippen LogP contribution in [0.15, 0.2) is 47.3 Å². The van der Waals surface area contributed by atoms with Gasteiger partial charge in [0.15, 0.2) is 0 Å². The van der Waals surface area contributed by atoms with E-state index in [9.17, 15) is 14.7 Å². The van der Waals surface area contributed by atoms with E-state index in [1.165, 1.54) is 17.2 Å². The van der Waals surface area contributed by atoms with Gasteiger partial charge in [0.1, 0.15) is 0 Å². The molecule has 0 bridgehead atoms. The molecule has 1 aliphatic heterocycles. The van der Waals surface area contributed by atoms with Crippen molar-refractivity contribution in [3.8, 4) is 0 Å². The Morgan fingerprint density at radius 3 is 2.63 bits per heavy atom. The zero-order valence-electron chi connectivity index (χ0n) is 15.7. The molecular formula is C22H26N2O3. The van der Waals surface area contributed by atoms with Crippen LogP contribution < -0.4 is 5.56 Å². The zero-order valence-corrected chi connectivity index (χ0v) is 15.7. The highest BCUT2D eigenvalue weighted by Crippen LogP contribution is 2.46. The Bertz CT molecular complexity index is 910. The second kappa shape index (κ2) is 6.97. The molecule has 2 aromatic rings. The number of hydrogen-bond acceptors (Lipinski definition) is 3. The summed E-state index contributed by atoms with van der Waals surface area (Å²) in [7, 11) is 0. The summed E-state index contributed by atoms with van der Waals surface area (Å²) < 4.78 is 1.65. The van der Waals surface area contributed by atoms with E-state index >= 15 is 0 Å². The molecule has 0 saturated carbocycles. The minimum atomic E-state index is -0.363. The number of nitrogens with zero attached hydrogens (tertiary/aromatic N) is 2. The van der Waals surface area contributed by atoms with Crippen LogP contribution in [0.4, 0.5) is 0 Å². The fourth-order valence-corrected chi connectivity index (χ4v) is 4.80. The van der Waals surface area contributed by atoms with E-state index in [-0.39, 0.29) is 23.0 Å². The van der Waals surface area contributed by atoms with Crippen molar-refractivity contribution in [1.82, 2.24) is 9.47 Å². The van der Waals surface area contributed by atoms with E-state index in [2.05, 4.69) is 12.1 Å². The maximum Gasteiger partial charge on any atom is 0.250 e. The first-order chi connectivity index (χ1) is 13.0. The third-order valence-electron chi connectivity index (χ3n) is 6.43. The lowest BCUT2D eigenvalue weighted by Gasteiger charge is -2.42. The van der Waals surface area contributed by atoms with Gasteiger partial charge in [-0.05, 0) is 43.4 Å². The second-order valence-electron chi connectivity index (χ2n) is 7.82. The van der Waals surface area contributed by atoms with Gasteiger partial charge in [-0.3, -0.25) is 9.59 Å². The van der Waals surface area contributed by atoms with Crippen LogP contribution >= 0.6 is 0 Å². The molecule has 27 heavy (non-hydrogen) atoms. The minimum Gasteiger partial charge on any atom is -0.392 e. The average Bonchev–Trinajstić information content (AvgIpc) is 2.93. The van der Waals surface area contributed by atoms with Gasteiger partial charge in [-0.2, -0.15) is 0 Å². The van der Waals surface area contributed by atoms with Crippen LogP contribution in [-0.4, -0.2) is 39.7 Å². The van der Waals surface area contributed by atoms with Crippen LogP contribution in [0.1, 0.15) is 36.1 Å². The summed E-state index contributed by atoms with van der Waals surface area (Å²) in [4.78, 5) is 26.5. The standard InChI is InChI=1S/C22H26N2O3/c1-16-5-4-8-21(27)24(16)12-9-20(26)23-13-10-22(11-14-23)18-7-3-2-6-17(18)15-19(22)25/h2-8,19,25H,9-15H2,1H3/t19-/m0/s1. The molecule has 1 aromatic heterocycles. The van der Waals surface area contributed by atoms with E-state index in [1.807, 2.05) is 30.0 Å². The Kier molecular flexibility index (Phi) is 4.64. The number of amides is 1. The second-order valence-corrected chi connectivity index (χ2v) is 7.82. The summed E-state index contributed by atoms with van der Waals surface area (Å²) >= 11 is 0. The van der Waals surface area contributed by atoms with Crippen molar-refractivity contribution in [2.75, 3.05) is 13.1 Å². The molecule has 1 aromatic carbocycles. The molecule has 0 radical (unpaired) electrons. The summed E-state index contributed by atoms with van der Waals surface area (Å²) in [6, 6.07) is 13.5. The molecule has 4 rings (SSSR count). The molecule has 0 unspecified atom stereocenters. The topological polar surface area (TPSA) is 62.5 Å². The first-order valence-electron chi connectivity index (χ1n) is 9.72. The third kappa shape index (κ3) is 3.10. The van der Waals surface area contributed by atoms with Gasteiger partial charge in [-0.15, -0.1) is 0 Å². The van der Waals surface area contributed by atoms with Crippen molar-refractivity contribution >= 4 is 5.91 Å². The highest BCUT2D eigenvalue weighted by Gasteiger charge is 2.47. The largest absolute Gasteiger partial charge is 0.392 e. The molecule has 1 N–H and O–H groups in total. The molecule has 1 aliphatic carbocycles. The number of aliphatic hydroxyl groups excluding tert-OH is 1. The summed E-state index contributed by atoms with van der Waals surface area (Å²) in [6.07, 6.45) is 2.26.